The standard InChI is InChI=1S/C20H25F2NO2/c21-17-6-3-7-18(22)19(17)15-12-16(15)20(24)23-10-8-14(9-11-23)25-13-4-1-2-5-13/h3,6-7,13-16H,1-2,4-5,8-12H2/t15-,16-/m0/s1. The summed E-state index contributed by atoms with van der Waals surface area (Å²) in [5.74, 6) is -1.60. The summed E-state index contributed by atoms with van der Waals surface area (Å²) in [6.45, 7) is 1.39. The first kappa shape index (κ1) is 17.0. The van der Waals surface area contributed by atoms with Crippen LogP contribution in [0.2, 0.25) is 0 Å². The van der Waals surface area contributed by atoms with Gasteiger partial charge in [-0.1, -0.05) is 18.9 Å². The van der Waals surface area contributed by atoms with Crippen molar-refractivity contribution in [1.29, 1.82) is 0 Å². The highest BCUT2D eigenvalue weighted by Gasteiger charge is 2.48. The summed E-state index contributed by atoms with van der Waals surface area (Å²) in [5.41, 5.74) is 0.0836. The summed E-state index contributed by atoms with van der Waals surface area (Å²) in [4.78, 5) is 14.5. The second-order valence-electron chi connectivity index (χ2n) is 7.65. The van der Waals surface area contributed by atoms with Crippen LogP contribution >= 0.6 is 0 Å². The average Bonchev–Trinajstić information content (AvgIpc) is 3.21. The highest BCUT2D eigenvalue weighted by molar-refractivity contribution is 5.83. The molecule has 2 aliphatic carbocycles. The third-order valence-electron chi connectivity index (χ3n) is 5.92. The number of likely N-dealkylation sites (tertiary alicyclic amines) is 1. The number of amides is 1. The van der Waals surface area contributed by atoms with E-state index in [1.165, 1.54) is 31.0 Å². The van der Waals surface area contributed by atoms with Gasteiger partial charge in [-0.3, -0.25) is 4.79 Å². The third kappa shape index (κ3) is 3.57. The predicted octanol–water partition coefficient (Wildman–Crippen LogP) is 4.02. The zero-order valence-corrected chi connectivity index (χ0v) is 14.4. The predicted molar refractivity (Wildman–Crippen MR) is 90.1 cm³/mol. The van der Waals surface area contributed by atoms with Crippen molar-refractivity contribution in [2.75, 3.05) is 13.1 Å². The molecule has 2 atom stereocenters. The van der Waals surface area contributed by atoms with Crippen LogP contribution in [0.25, 0.3) is 0 Å². The Hall–Kier alpha value is -1.49. The van der Waals surface area contributed by atoms with Crippen molar-refractivity contribution >= 4 is 5.91 Å². The van der Waals surface area contributed by atoms with Gasteiger partial charge in [-0.25, -0.2) is 8.78 Å². The van der Waals surface area contributed by atoms with Gasteiger partial charge in [0.2, 0.25) is 5.91 Å². The van der Waals surface area contributed by atoms with E-state index in [0.29, 0.717) is 25.6 Å². The van der Waals surface area contributed by atoms with Crippen molar-refractivity contribution in [3.63, 3.8) is 0 Å². The van der Waals surface area contributed by atoms with E-state index in [2.05, 4.69) is 0 Å². The van der Waals surface area contributed by atoms with Gasteiger partial charge in [-0.2, -0.15) is 0 Å². The van der Waals surface area contributed by atoms with Gasteiger partial charge >= 0.3 is 0 Å². The van der Waals surface area contributed by atoms with Crippen LogP contribution in [0.1, 0.15) is 56.4 Å². The number of hydrogen-bond acceptors (Lipinski definition) is 2. The van der Waals surface area contributed by atoms with Crippen molar-refractivity contribution < 1.29 is 18.3 Å². The number of benzene rings is 1. The Bertz CT molecular complexity index is 616. The number of carbonyl (C=O) groups excluding carboxylic acids is 1. The highest BCUT2D eigenvalue weighted by Crippen LogP contribution is 2.50. The molecule has 2 saturated carbocycles. The van der Waals surface area contributed by atoms with E-state index < -0.39 is 11.6 Å². The van der Waals surface area contributed by atoms with E-state index in [1.54, 1.807) is 0 Å². The lowest BCUT2D eigenvalue weighted by Crippen LogP contribution is -2.42. The SMILES string of the molecule is O=C([C@H]1C[C@@H]1c1c(F)cccc1F)N1CCC(OC2CCCC2)CC1. The van der Waals surface area contributed by atoms with Crippen LogP contribution in [0.4, 0.5) is 8.78 Å². The molecule has 0 bridgehead atoms. The van der Waals surface area contributed by atoms with Gasteiger partial charge in [0, 0.05) is 30.5 Å². The fraction of sp³-hybridized carbons (Fsp3) is 0.650. The van der Waals surface area contributed by atoms with Crippen LogP contribution < -0.4 is 0 Å². The van der Waals surface area contributed by atoms with Crippen molar-refractivity contribution in [3.8, 4) is 0 Å². The maximum Gasteiger partial charge on any atom is 0.226 e. The van der Waals surface area contributed by atoms with Crippen LogP contribution in [0.15, 0.2) is 18.2 Å². The first-order valence-electron chi connectivity index (χ1n) is 9.51. The van der Waals surface area contributed by atoms with Gasteiger partial charge in [-0.05, 0) is 44.2 Å². The summed E-state index contributed by atoms with van der Waals surface area (Å²) >= 11 is 0. The molecule has 0 spiro atoms. The van der Waals surface area contributed by atoms with Crippen LogP contribution in [-0.4, -0.2) is 36.1 Å². The second kappa shape index (κ2) is 7.02. The molecule has 0 unspecified atom stereocenters. The number of carbonyl (C=O) groups is 1. The lowest BCUT2D eigenvalue weighted by molar-refractivity contribution is -0.136. The van der Waals surface area contributed by atoms with Crippen LogP contribution in [0, 0.1) is 17.6 Å². The molecule has 4 rings (SSSR count). The Labute approximate surface area is 147 Å². The Morgan fingerprint density at radius 2 is 1.60 bits per heavy atom. The number of piperidine rings is 1. The average molecular weight is 349 g/mol. The van der Waals surface area contributed by atoms with E-state index in [9.17, 15) is 13.6 Å². The Morgan fingerprint density at radius 3 is 2.24 bits per heavy atom. The molecule has 25 heavy (non-hydrogen) atoms. The fourth-order valence-electron chi connectivity index (χ4n) is 4.40. The largest absolute Gasteiger partial charge is 0.375 e. The van der Waals surface area contributed by atoms with E-state index in [-0.39, 0.29) is 29.4 Å². The molecule has 0 radical (unpaired) electrons. The van der Waals surface area contributed by atoms with Gasteiger partial charge in [0.15, 0.2) is 0 Å². The van der Waals surface area contributed by atoms with Gasteiger partial charge in [0.25, 0.3) is 0 Å². The first-order chi connectivity index (χ1) is 12.1. The molecule has 136 valence electrons. The molecule has 1 amide bonds. The Kier molecular flexibility index (Phi) is 4.76. The maximum atomic E-state index is 13.9. The smallest absolute Gasteiger partial charge is 0.226 e. The minimum absolute atomic E-state index is 0.0481. The molecule has 3 fully saturated rings. The third-order valence-corrected chi connectivity index (χ3v) is 5.92. The topological polar surface area (TPSA) is 29.5 Å². The molecule has 3 aliphatic rings. The van der Waals surface area contributed by atoms with Crippen molar-refractivity contribution in [3.05, 3.63) is 35.4 Å². The molecular formula is C20H25F2NO2. The lowest BCUT2D eigenvalue weighted by atomic mass is 10.0. The van der Waals surface area contributed by atoms with E-state index >= 15 is 0 Å². The summed E-state index contributed by atoms with van der Waals surface area (Å²) < 4.78 is 33.9. The van der Waals surface area contributed by atoms with E-state index in [1.807, 2.05) is 4.90 Å². The number of ether oxygens (including phenoxy) is 1. The Balaban J connectivity index is 1.30. The monoisotopic (exact) mass is 349 g/mol. The van der Waals surface area contributed by atoms with E-state index in [4.69, 9.17) is 4.74 Å². The van der Waals surface area contributed by atoms with Gasteiger partial charge in [-0.15, -0.1) is 0 Å². The molecule has 3 nitrogen and oxygen atoms in total. The minimum atomic E-state index is -0.538. The van der Waals surface area contributed by atoms with Crippen LogP contribution in [0.5, 0.6) is 0 Å². The van der Waals surface area contributed by atoms with Crippen molar-refractivity contribution in [1.82, 2.24) is 4.90 Å². The lowest BCUT2D eigenvalue weighted by Gasteiger charge is -2.33. The molecule has 1 aliphatic heterocycles. The molecule has 1 aromatic rings. The number of nitrogens with zero attached hydrogens (tertiary/aromatic N) is 1. The number of rotatable bonds is 4. The molecule has 1 heterocycles. The minimum Gasteiger partial charge on any atom is -0.375 e. The summed E-state index contributed by atoms with van der Waals surface area (Å²) in [6.07, 6.45) is 7.80. The molecule has 0 aromatic heterocycles. The normalized spacial score (nSPS) is 27.7. The zero-order valence-electron chi connectivity index (χ0n) is 14.4. The van der Waals surface area contributed by atoms with E-state index in [0.717, 1.165) is 25.7 Å². The van der Waals surface area contributed by atoms with Crippen molar-refractivity contribution in [2.24, 2.45) is 5.92 Å². The second-order valence-corrected chi connectivity index (χ2v) is 7.65. The van der Waals surface area contributed by atoms with Crippen LogP contribution in [0.3, 0.4) is 0 Å². The first-order valence-corrected chi connectivity index (χ1v) is 9.51. The number of hydrogen-bond donors (Lipinski definition) is 0. The Morgan fingerprint density at radius 1 is 1.00 bits per heavy atom. The number of halogens is 2. The van der Waals surface area contributed by atoms with Gasteiger partial charge in [0.1, 0.15) is 11.6 Å². The van der Waals surface area contributed by atoms with Gasteiger partial charge in [0.05, 0.1) is 12.2 Å². The molecule has 0 N–H and O–H groups in total. The van der Waals surface area contributed by atoms with Crippen molar-refractivity contribution in [2.45, 2.75) is 63.1 Å². The summed E-state index contributed by atoms with van der Waals surface area (Å²) in [6, 6.07) is 3.90. The maximum absolute atomic E-state index is 13.9. The molecule has 1 saturated heterocycles. The molecule has 5 heteroatoms. The fourth-order valence-corrected chi connectivity index (χ4v) is 4.40. The summed E-state index contributed by atoms with van der Waals surface area (Å²) in [7, 11) is 0. The van der Waals surface area contributed by atoms with Crippen LogP contribution in [-0.2, 0) is 9.53 Å². The highest BCUT2D eigenvalue weighted by atomic mass is 19.1. The van der Waals surface area contributed by atoms with Gasteiger partial charge < -0.3 is 9.64 Å². The molecule has 1 aromatic carbocycles. The summed E-state index contributed by atoms with van der Waals surface area (Å²) in [5, 5.41) is 0. The molecular weight excluding hydrogens is 324 g/mol. The zero-order chi connectivity index (χ0) is 17.4. The quantitative estimate of drug-likeness (QED) is 0.822.